The van der Waals surface area contributed by atoms with Crippen LogP contribution in [0, 0.1) is 5.92 Å². The van der Waals surface area contributed by atoms with Crippen LogP contribution in [-0.2, 0) is 26.7 Å². The maximum Gasteiger partial charge on any atom is 0.534 e. The summed E-state index contributed by atoms with van der Waals surface area (Å²) in [7, 11) is -0.990. The molecule has 0 spiro atoms. The van der Waals surface area contributed by atoms with Gasteiger partial charge in [0.25, 0.3) is 0 Å². The molecule has 11 heteroatoms. The molecular formula is C22H30F3NO6S. The van der Waals surface area contributed by atoms with Gasteiger partial charge >= 0.3 is 15.6 Å². The molecule has 1 heterocycles. The fourth-order valence-corrected chi connectivity index (χ4v) is 6.55. The minimum atomic E-state index is -5.88. The van der Waals surface area contributed by atoms with E-state index in [-0.39, 0.29) is 30.1 Å². The summed E-state index contributed by atoms with van der Waals surface area (Å²) in [5, 5.41) is 0. The number of halogens is 3. The molecule has 33 heavy (non-hydrogen) atoms. The predicted octanol–water partition coefficient (Wildman–Crippen LogP) is 3.64. The number of rotatable bonds is 7. The zero-order valence-electron chi connectivity index (χ0n) is 19.0. The normalized spacial score (nSPS) is 27.5. The van der Waals surface area contributed by atoms with E-state index in [2.05, 4.69) is 11.9 Å². The van der Waals surface area contributed by atoms with E-state index in [4.69, 9.17) is 18.4 Å². The molecule has 3 atom stereocenters. The molecule has 2 bridgehead atoms. The Morgan fingerprint density at radius 1 is 1.15 bits per heavy atom. The first-order valence-corrected chi connectivity index (χ1v) is 12.5. The van der Waals surface area contributed by atoms with Crippen LogP contribution in [0.25, 0.3) is 0 Å². The monoisotopic (exact) mass is 493 g/mol. The first-order chi connectivity index (χ1) is 15.6. The molecule has 1 aliphatic heterocycles. The van der Waals surface area contributed by atoms with Crippen LogP contribution in [0.5, 0.6) is 17.2 Å². The van der Waals surface area contributed by atoms with Gasteiger partial charge in [0.05, 0.1) is 13.7 Å². The summed E-state index contributed by atoms with van der Waals surface area (Å²) < 4.78 is 85.4. The Bertz CT molecular complexity index is 999. The van der Waals surface area contributed by atoms with Crippen molar-refractivity contribution in [1.29, 1.82) is 0 Å². The van der Waals surface area contributed by atoms with Crippen molar-refractivity contribution >= 4 is 10.1 Å². The lowest BCUT2D eigenvalue weighted by molar-refractivity contribution is -0.0503. The van der Waals surface area contributed by atoms with Crippen molar-refractivity contribution in [2.45, 2.75) is 55.5 Å². The fourth-order valence-electron chi connectivity index (χ4n) is 6.07. The lowest BCUT2D eigenvalue weighted by Gasteiger charge is -2.58. The first kappa shape index (κ1) is 24.4. The van der Waals surface area contributed by atoms with E-state index in [0.717, 1.165) is 32.2 Å². The summed E-state index contributed by atoms with van der Waals surface area (Å²) in [5.74, 6) is 0.232. The average Bonchev–Trinajstić information content (AvgIpc) is 2.76. The number of piperidine rings is 1. The van der Waals surface area contributed by atoms with Gasteiger partial charge in [-0.1, -0.05) is 12.8 Å². The summed E-state index contributed by atoms with van der Waals surface area (Å²) in [6.45, 7) is 1.34. The molecule has 1 aromatic rings. The second-order valence-electron chi connectivity index (χ2n) is 9.09. The maximum absolute atomic E-state index is 13.3. The average molecular weight is 494 g/mol. The zero-order chi connectivity index (χ0) is 24.0. The SMILES string of the molecule is COCCOc1cc(OC)c(OS(=O)(=O)C(F)(F)F)c2c1C[C@@H]1[C@@H]3CCCC[C@]23CCN1C. The molecule has 1 saturated carbocycles. The number of likely N-dealkylation sites (N-methyl/N-ethyl adjacent to an activating group) is 1. The standard InChI is InChI=1S/C22H30F3NO6S/c1-26-9-8-21-7-5-4-6-15(21)16(26)12-14-17(31-11-10-29-2)13-18(30-3)20(19(14)21)32-33(27,28)22(23,24)25/h13,15-16H,4-12H2,1-3H3/t15-,16+,21+/m0/s1. The van der Waals surface area contributed by atoms with E-state index >= 15 is 0 Å². The van der Waals surface area contributed by atoms with Crippen molar-refractivity contribution in [3.8, 4) is 17.2 Å². The van der Waals surface area contributed by atoms with Crippen molar-refractivity contribution < 1.29 is 40.0 Å². The highest BCUT2D eigenvalue weighted by Crippen LogP contribution is 2.61. The van der Waals surface area contributed by atoms with Crippen LogP contribution < -0.4 is 13.7 Å². The summed E-state index contributed by atoms with van der Waals surface area (Å²) in [4.78, 5) is 2.30. The number of hydrogen-bond donors (Lipinski definition) is 0. The minimum Gasteiger partial charge on any atom is -0.493 e. The minimum absolute atomic E-state index is 0.0786. The van der Waals surface area contributed by atoms with Gasteiger partial charge in [0, 0.05) is 35.8 Å². The maximum atomic E-state index is 13.3. The molecule has 0 N–H and O–H groups in total. The van der Waals surface area contributed by atoms with Crippen molar-refractivity contribution in [3.05, 3.63) is 17.2 Å². The molecule has 1 saturated heterocycles. The number of ether oxygens (including phenoxy) is 3. The smallest absolute Gasteiger partial charge is 0.493 e. The molecule has 186 valence electrons. The van der Waals surface area contributed by atoms with E-state index < -0.39 is 21.0 Å². The molecule has 0 unspecified atom stereocenters. The zero-order valence-corrected chi connectivity index (χ0v) is 19.9. The van der Waals surface area contributed by atoms with E-state index in [9.17, 15) is 21.6 Å². The highest BCUT2D eigenvalue weighted by Gasteiger charge is 2.57. The number of benzene rings is 1. The van der Waals surface area contributed by atoms with Gasteiger partial charge in [-0.25, -0.2) is 0 Å². The van der Waals surface area contributed by atoms with Gasteiger partial charge in [-0.15, -0.1) is 0 Å². The molecule has 0 amide bonds. The largest absolute Gasteiger partial charge is 0.534 e. The van der Waals surface area contributed by atoms with Gasteiger partial charge in [0.15, 0.2) is 11.5 Å². The highest BCUT2D eigenvalue weighted by atomic mass is 32.2. The lowest BCUT2D eigenvalue weighted by Crippen LogP contribution is -2.60. The number of hydrogen-bond acceptors (Lipinski definition) is 7. The number of fused-ring (bicyclic) bond motifs is 1. The van der Waals surface area contributed by atoms with Crippen LogP contribution in [0.1, 0.15) is 43.2 Å². The molecule has 2 aliphatic carbocycles. The summed E-state index contributed by atoms with van der Waals surface area (Å²) in [6.07, 6.45) is 4.86. The Balaban J connectivity index is 1.95. The second-order valence-corrected chi connectivity index (χ2v) is 10.6. The molecule has 0 aromatic heterocycles. The van der Waals surface area contributed by atoms with Gasteiger partial charge in [-0.2, -0.15) is 21.6 Å². The van der Waals surface area contributed by atoms with Crippen LogP contribution in [0.3, 0.4) is 0 Å². The third kappa shape index (κ3) is 4.05. The quantitative estimate of drug-likeness (QED) is 0.326. The van der Waals surface area contributed by atoms with Crippen molar-refractivity contribution in [1.82, 2.24) is 4.90 Å². The molecule has 1 aromatic carbocycles. The lowest BCUT2D eigenvalue weighted by atomic mass is 9.52. The summed E-state index contributed by atoms with van der Waals surface area (Å²) in [5.41, 5.74) is -4.83. The van der Waals surface area contributed by atoms with E-state index in [1.54, 1.807) is 7.11 Å². The third-order valence-electron chi connectivity index (χ3n) is 7.50. The van der Waals surface area contributed by atoms with Crippen molar-refractivity contribution in [2.24, 2.45) is 5.92 Å². The van der Waals surface area contributed by atoms with Crippen LogP contribution in [0.2, 0.25) is 0 Å². The summed E-state index contributed by atoms with van der Waals surface area (Å²) in [6, 6.07) is 1.63. The molecule has 7 nitrogen and oxygen atoms in total. The molecule has 2 fully saturated rings. The topological polar surface area (TPSA) is 74.3 Å². The Kier molecular flexibility index (Phi) is 6.52. The first-order valence-electron chi connectivity index (χ1n) is 11.1. The Morgan fingerprint density at radius 2 is 1.91 bits per heavy atom. The van der Waals surface area contributed by atoms with Gasteiger partial charge in [0.1, 0.15) is 12.4 Å². The third-order valence-corrected chi connectivity index (χ3v) is 8.46. The number of likely N-dealkylation sites (tertiary alicyclic amines) is 1. The number of nitrogens with zero attached hydrogens (tertiary/aromatic N) is 1. The highest BCUT2D eigenvalue weighted by molar-refractivity contribution is 7.88. The van der Waals surface area contributed by atoms with E-state index in [0.29, 0.717) is 36.3 Å². The van der Waals surface area contributed by atoms with Gasteiger partial charge in [0.2, 0.25) is 0 Å². The van der Waals surface area contributed by atoms with Gasteiger partial charge in [-0.05, 0) is 45.2 Å². The molecule has 3 aliphatic rings. The van der Waals surface area contributed by atoms with Crippen LogP contribution in [0.4, 0.5) is 13.2 Å². The Labute approximate surface area is 192 Å². The van der Waals surface area contributed by atoms with E-state index in [1.807, 2.05) is 0 Å². The molecule has 4 rings (SSSR count). The second kappa shape index (κ2) is 8.81. The molecular weight excluding hydrogens is 463 g/mol. The van der Waals surface area contributed by atoms with E-state index in [1.165, 1.54) is 13.2 Å². The van der Waals surface area contributed by atoms with Crippen LogP contribution in [0.15, 0.2) is 6.07 Å². The Hall–Kier alpha value is -1.72. The van der Waals surface area contributed by atoms with Crippen LogP contribution >= 0.6 is 0 Å². The van der Waals surface area contributed by atoms with Crippen molar-refractivity contribution in [3.63, 3.8) is 0 Å². The number of alkyl halides is 3. The summed E-state index contributed by atoms with van der Waals surface area (Å²) >= 11 is 0. The van der Waals surface area contributed by atoms with Gasteiger partial charge in [-0.3, -0.25) is 0 Å². The predicted molar refractivity (Wildman–Crippen MR) is 114 cm³/mol. The van der Waals surface area contributed by atoms with Gasteiger partial charge < -0.3 is 23.3 Å². The number of methoxy groups -OCH3 is 2. The Morgan fingerprint density at radius 3 is 2.58 bits per heavy atom. The fraction of sp³-hybridized carbons (Fsp3) is 0.727. The van der Waals surface area contributed by atoms with Crippen molar-refractivity contribution in [2.75, 3.05) is 41.0 Å². The van der Waals surface area contributed by atoms with Crippen LogP contribution in [-0.4, -0.2) is 65.9 Å². The molecule has 0 radical (unpaired) electrons.